The average molecular weight is 164 g/mol. The molecule has 0 aliphatic carbocycles. The van der Waals surface area contributed by atoms with Gasteiger partial charge in [-0.15, -0.1) is 0 Å². The summed E-state index contributed by atoms with van der Waals surface area (Å²) < 4.78 is 34.4. The van der Waals surface area contributed by atoms with Gasteiger partial charge in [0, 0.05) is 0 Å². The minimum absolute atomic E-state index is 0.486. The molecule has 0 aromatic carbocycles. The van der Waals surface area contributed by atoms with E-state index in [4.69, 9.17) is 0 Å². The smallest absolute Gasteiger partial charge is 0.285 e. The molecule has 62 valence electrons. The van der Waals surface area contributed by atoms with Crippen molar-refractivity contribution in [3.05, 3.63) is 24.3 Å². The minimum Gasteiger partial charge on any atom is -0.285 e. The Morgan fingerprint density at radius 3 is 2.18 bits per heavy atom. The van der Waals surface area contributed by atoms with Crippen molar-refractivity contribution >= 4 is 5.78 Å². The zero-order valence-electron chi connectivity index (χ0n) is 5.85. The topological polar surface area (TPSA) is 17.1 Å². The van der Waals surface area contributed by atoms with Crippen molar-refractivity contribution in [2.75, 3.05) is 0 Å². The molecule has 0 unspecified atom stereocenters. The maximum atomic E-state index is 11.5. The van der Waals surface area contributed by atoms with Crippen LogP contribution in [0.25, 0.3) is 0 Å². The second-order valence-corrected chi connectivity index (χ2v) is 1.75. The number of halogens is 3. The fourth-order valence-electron chi connectivity index (χ4n) is 0.349. The Kier molecular flexibility index (Phi) is 3.57. The van der Waals surface area contributed by atoms with E-state index in [1.165, 1.54) is 12.2 Å². The van der Waals surface area contributed by atoms with E-state index in [0.717, 1.165) is 6.08 Å². The highest BCUT2D eigenvalue weighted by atomic mass is 19.4. The molecule has 0 aliphatic rings. The van der Waals surface area contributed by atoms with Gasteiger partial charge in [-0.2, -0.15) is 13.2 Å². The molecule has 11 heavy (non-hydrogen) atoms. The molecule has 0 saturated carbocycles. The summed E-state index contributed by atoms with van der Waals surface area (Å²) in [6, 6.07) is 0. The lowest BCUT2D eigenvalue weighted by Gasteiger charge is -1.97. The predicted octanol–water partition coefficient (Wildman–Crippen LogP) is 2.25. The summed E-state index contributed by atoms with van der Waals surface area (Å²) in [5.41, 5.74) is 0. The summed E-state index contributed by atoms with van der Waals surface area (Å²) >= 11 is 0. The molecule has 0 fully saturated rings. The Morgan fingerprint density at radius 1 is 1.27 bits per heavy atom. The number of ketones is 1. The van der Waals surface area contributed by atoms with Crippen LogP contribution in [0.1, 0.15) is 6.92 Å². The lowest BCUT2D eigenvalue weighted by Crippen LogP contribution is -2.19. The molecule has 0 aliphatic heterocycles. The molecule has 0 saturated heterocycles. The SMILES string of the molecule is C/C=C/C=C/C(=O)C(F)(F)F. The van der Waals surface area contributed by atoms with E-state index in [1.54, 1.807) is 6.92 Å². The van der Waals surface area contributed by atoms with Crippen molar-refractivity contribution in [2.45, 2.75) is 13.1 Å². The van der Waals surface area contributed by atoms with E-state index in [-0.39, 0.29) is 0 Å². The van der Waals surface area contributed by atoms with Crippen LogP contribution in [0.3, 0.4) is 0 Å². The van der Waals surface area contributed by atoms with Gasteiger partial charge in [0.15, 0.2) is 0 Å². The van der Waals surface area contributed by atoms with E-state index >= 15 is 0 Å². The summed E-state index contributed by atoms with van der Waals surface area (Å²) in [5, 5.41) is 0. The molecule has 0 N–H and O–H groups in total. The van der Waals surface area contributed by atoms with Crippen molar-refractivity contribution in [3.8, 4) is 0 Å². The first-order valence-electron chi connectivity index (χ1n) is 2.89. The van der Waals surface area contributed by atoms with Gasteiger partial charge in [0.1, 0.15) is 0 Å². The lowest BCUT2D eigenvalue weighted by atomic mass is 10.3. The fourth-order valence-corrected chi connectivity index (χ4v) is 0.349. The first-order valence-corrected chi connectivity index (χ1v) is 2.89. The van der Waals surface area contributed by atoms with E-state index in [2.05, 4.69) is 0 Å². The van der Waals surface area contributed by atoms with Gasteiger partial charge >= 0.3 is 6.18 Å². The van der Waals surface area contributed by atoms with Crippen LogP contribution in [-0.2, 0) is 4.79 Å². The van der Waals surface area contributed by atoms with Crippen molar-refractivity contribution < 1.29 is 18.0 Å². The Labute approximate surface area is 62.2 Å². The molecule has 0 rings (SSSR count). The number of hydrogen-bond acceptors (Lipinski definition) is 1. The van der Waals surface area contributed by atoms with Crippen molar-refractivity contribution in [1.29, 1.82) is 0 Å². The Morgan fingerprint density at radius 2 is 1.82 bits per heavy atom. The summed E-state index contributed by atoms with van der Waals surface area (Å²) in [4.78, 5) is 10.1. The Balaban J connectivity index is 4.08. The monoisotopic (exact) mass is 164 g/mol. The minimum atomic E-state index is -4.75. The molecule has 1 nitrogen and oxygen atoms in total. The summed E-state index contributed by atoms with van der Waals surface area (Å²) in [5.74, 6) is -1.84. The molecular weight excluding hydrogens is 157 g/mol. The van der Waals surface area contributed by atoms with E-state index < -0.39 is 12.0 Å². The van der Waals surface area contributed by atoms with E-state index in [0.29, 0.717) is 6.08 Å². The highest BCUT2D eigenvalue weighted by Gasteiger charge is 2.35. The molecule has 0 radical (unpaired) electrons. The third kappa shape index (κ3) is 4.36. The zero-order chi connectivity index (χ0) is 8.91. The van der Waals surface area contributed by atoms with Gasteiger partial charge in [-0.25, -0.2) is 0 Å². The lowest BCUT2D eigenvalue weighted by molar-refractivity contribution is -0.165. The van der Waals surface area contributed by atoms with Crippen molar-refractivity contribution in [2.24, 2.45) is 0 Å². The van der Waals surface area contributed by atoms with Gasteiger partial charge < -0.3 is 0 Å². The highest BCUT2D eigenvalue weighted by molar-refractivity contribution is 5.94. The molecule has 0 aromatic heterocycles. The van der Waals surface area contributed by atoms with Gasteiger partial charge in [-0.1, -0.05) is 18.2 Å². The molecular formula is C7H7F3O. The van der Waals surface area contributed by atoms with Crippen LogP contribution in [0.4, 0.5) is 13.2 Å². The summed E-state index contributed by atoms with van der Waals surface area (Å²) in [6.07, 6.45) is -0.336. The maximum Gasteiger partial charge on any atom is 0.454 e. The van der Waals surface area contributed by atoms with Crippen LogP contribution >= 0.6 is 0 Å². The van der Waals surface area contributed by atoms with Crippen LogP contribution in [0.5, 0.6) is 0 Å². The molecule has 0 spiro atoms. The number of alkyl halides is 3. The van der Waals surface area contributed by atoms with Gasteiger partial charge in [0.05, 0.1) is 0 Å². The number of carbonyl (C=O) groups is 1. The van der Waals surface area contributed by atoms with Crippen LogP contribution < -0.4 is 0 Å². The second kappa shape index (κ2) is 3.95. The highest BCUT2D eigenvalue weighted by Crippen LogP contribution is 2.16. The second-order valence-electron chi connectivity index (χ2n) is 1.75. The van der Waals surface area contributed by atoms with Gasteiger partial charge in [-0.3, -0.25) is 4.79 Å². The third-order valence-electron chi connectivity index (χ3n) is 0.831. The number of allylic oxidation sites excluding steroid dienone is 4. The number of hydrogen-bond donors (Lipinski definition) is 0. The standard InChI is InChI=1S/C7H7F3O/c1-2-3-4-5-6(11)7(8,9)10/h2-5H,1H3/b3-2+,5-4+. The maximum absolute atomic E-state index is 11.5. The quantitative estimate of drug-likeness (QED) is 0.452. The van der Waals surface area contributed by atoms with Crippen molar-refractivity contribution in [3.63, 3.8) is 0 Å². The van der Waals surface area contributed by atoms with Crippen LogP contribution in [0.2, 0.25) is 0 Å². The first-order chi connectivity index (χ1) is 4.98. The van der Waals surface area contributed by atoms with Gasteiger partial charge in [-0.05, 0) is 13.0 Å². The normalized spacial score (nSPS) is 13.1. The molecule has 0 atom stereocenters. The average Bonchev–Trinajstić information content (AvgIpc) is 1.86. The molecule has 0 bridgehead atoms. The van der Waals surface area contributed by atoms with Gasteiger partial charge in [0.2, 0.25) is 0 Å². The fraction of sp³-hybridized carbons (Fsp3) is 0.286. The molecule has 0 amide bonds. The number of carbonyl (C=O) groups excluding carboxylic acids is 1. The van der Waals surface area contributed by atoms with E-state index in [9.17, 15) is 18.0 Å². The Hall–Kier alpha value is -1.06. The summed E-state index contributed by atoms with van der Waals surface area (Å²) in [7, 11) is 0. The predicted molar refractivity (Wildman–Crippen MR) is 35.0 cm³/mol. The third-order valence-corrected chi connectivity index (χ3v) is 0.831. The van der Waals surface area contributed by atoms with Crippen LogP contribution in [0.15, 0.2) is 24.3 Å². The molecule has 0 heterocycles. The van der Waals surface area contributed by atoms with Gasteiger partial charge in [0.25, 0.3) is 5.78 Å². The number of rotatable bonds is 2. The van der Waals surface area contributed by atoms with Crippen LogP contribution in [-0.4, -0.2) is 12.0 Å². The molecule has 0 aromatic rings. The first kappa shape index (κ1) is 9.94. The van der Waals surface area contributed by atoms with Crippen LogP contribution in [0, 0.1) is 0 Å². The van der Waals surface area contributed by atoms with Crippen molar-refractivity contribution in [1.82, 2.24) is 0 Å². The Bertz CT molecular complexity index is 188. The zero-order valence-corrected chi connectivity index (χ0v) is 5.85. The summed E-state index contributed by atoms with van der Waals surface area (Å²) in [6.45, 7) is 1.64. The molecule has 4 heteroatoms. The van der Waals surface area contributed by atoms with E-state index in [1.807, 2.05) is 0 Å². The largest absolute Gasteiger partial charge is 0.454 e.